The van der Waals surface area contributed by atoms with Crippen LogP contribution in [0.2, 0.25) is 5.02 Å². The molecular weight excluding hydrogens is 226 g/mol. The van der Waals surface area contributed by atoms with Gasteiger partial charge in [-0.25, -0.2) is 4.79 Å². The summed E-state index contributed by atoms with van der Waals surface area (Å²) in [6, 6.07) is 3.51. The summed E-state index contributed by atoms with van der Waals surface area (Å²) in [7, 11) is 0. The van der Waals surface area contributed by atoms with Crippen molar-refractivity contribution in [3.8, 4) is 0 Å². The summed E-state index contributed by atoms with van der Waals surface area (Å²) in [4.78, 5) is 11.1. The monoisotopic (exact) mass is 237 g/mol. The van der Waals surface area contributed by atoms with Crippen LogP contribution < -0.4 is 0 Å². The Bertz CT molecular complexity index is 572. The number of benzene rings is 1. The number of aryl methyl sites for hydroxylation is 2. The summed E-state index contributed by atoms with van der Waals surface area (Å²) in [6.45, 7) is 4.61. The molecule has 0 saturated heterocycles. The Hall–Kier alpha value is -1.48. The molecule has 1 heterocycles. The Morgan fingerprint density at radius 2 is 2.19 bits per heavy atom. The smallest absolute Gasteiger partial charge is 0.337 e. The molecule has 4 heteroatoms. The number of rotatable bonds is 2. The van der Waals surface area contributed by atoms with Crippen molar-refractivity contribution in [3.63, 3.8) is 0 Å². The van der Waals surface area contributed by atoms with Crippen LogP contribution in [-0.2, 0) is 6.54 Å². The first-order chi connectivity index (χ1) is 7.56. The highest BCUT2D eigenvalue weighted by Gasteiger charge is 2.15. The summed E-state index contributed by atoms with van der Waals surface area (Å²) in [5.74, 6) is -0.904. The van der Waals surface area contributed by atoms with E-state index in [9.17, 15) is 4.79 Å². The molecule has 84 valence electrons. The van der Waals surface area contributed by atoms with Crippen molar-refractivity contribution in [1.29, 1.82) is 0 Å². The van der Waals surface area contributed by atoms with Crippen molar-refractivity contribution in [3.05, 3.63) is 34.5 Å². The number of hydrogen-bond acceptors (Lipinski definition) is 1. The number of aromatic nitrogens is 1. The molecule has 0 radical (unpaired) electrons. The molecule has 0 fully saturated rings. The van der Waals surface area contributed by atoms with Gasteiger partial charge in [-0.3, -0.25) is 0 Å². The summed E-state index contributed by atoms with van der Waals surface area (Å²) in [6.07, 6.45) is 1.66. The van der Waals surface area contributed by atoms with Gasteiger partial charge < -0.3 is 9.67 Å². The van der Waals surface area contributed by atoms with Gasteiger partial charge in [-0.15, -0.1) is 0 Å². The van der Waals surface area contributed by atoms with Gasteiger partial charge in [0, 0.05) is 23.2 Å². The van der Waals surface area contributed by atoms with Crippen LogP contribution in [0.25, 0.3) is 10.9 Å². The number of fused-ring (bicyclic) bond motifs is 1. The zero-order valence-electron chi connectivity index (χ0n) is 9.12. The molecule has 0 aliphatic carbocycles. The largest absolute Gasteiger partial charge is 0.478 e. The number of carboxylic acids is 1. The van der Waals surface area contributed by atoms with E-state index < -0.39 is 5.97 Å². The first kappa shape index (κ1) is 11.0. The fourth-order valence-corrected chi connectivity index (χ4v) is 2.13. The van der Waals surface area contributed by atoms with Crippen molar-refractivity contribution in [1.82, 2.24) is 4.57 Å². The molecule has 3 nitrogen and oxygen atoms in total. The van der Waals surface area contributed by atoms with E-state index in [1.54, 1.807) is 18.3 Å². The lowest BCUT2D eigenvalue weighted by Crippen LogP contribution is -1.94. The second-order valence-corrected chi connectivity index (χ2v) is 4.11. The Morgan fingerprint density at radius 1 is 1.50 bits per heavy atom. The van der Waals surface area contributed by atoms with Crippen LogP contribution in [0.5, 0.6) is 0 Å². The molecule has 0 spiro atoms. The maximum atomic E-state index is 11.1. The SMILES string of the molecule is CCn1cc(C(=O)O)c2ccc(Cl)c(C)c21. The average molecular weight is 238 g/mol. The first-order valence-electron chi connectivity index (χ1n) is 5.07. The third-order valence-electron chi connectivity index (χ3n) is 2.80. The number of carboxylic acid groups (broad SMARTS) is 1. The molecule has 0 unspecified atom stereocenters. The summed E-state index contributed by atoms with van der Waals surface area (Å²) < 4.78 is 1.92. The quantitative estimate of drug-likeness (QED) is 0.871. The van der Waals surface area contributed by atoms with Gasteiger partial charge in [0.1, 0.15) is 0 Å². The van der Waals surface area contributed by atoms with Crippen molar-refractivity contribution < 1.29 is 9.90 Å². The van der Waals surface area contributed by atoms with Gasteiger partial charge in [0.25, 0.3) is 0 Å². The van der Waals surface area contributed by atoms with Crippen LogP contribution in [0, 0.1) is 6.92 Å². The average Bonchev–Trinajstić information content (AvgIpc) is 2.62. The van der Waals surface area contributed by atoms with Gasteiger partial charge in [0.05, 0.1) is 11.1 Å². The molecule has 1 aromatic carbocycles. The Kier molecular flexibility index (Phi) is 2.64. The van der Waals surface area contributed by atoms with E-state index in [1.165, 1.54) is 0 Å². The van der Waals surface area contributed by atoms with Gasteiger partial charge in [0.15, 0.2) is 0 Å². The van der Waals surface area contributed by atoms with Crippen LogP contribution in [0.4, 0.5) is 0 Å². The Morgan fingerprint density at radius 3 is 2.75 bits per heavy atom. The molecule has 0 saturated carbocycles. The maximum absolute atomic E-state index is 11.1. The summed E-state index contributed by atoms with van der Waals surface area (Å²) in [5.41, 5.74) is 2.16. The lowest BCUT2D eigenvalue weighted by molar-refractivity contribution is 0.0699. The normalized spacial score (nSPS) is 10.9. The van der Waals surface area contributed by atoms with E-state index in [0.29, 0.717) is 10.6 Å². The lowest BCUT2D eigenvalue weighted by atomic mass is 10.1. The van der Waals surface area contributed by atoms with E-state index in [4.69, 9.17) is 16.7 Å². The topological polar surface area (TPSA) is 42.2 Å². The van der Waals surface area contributed by atoms with Crippen molar-refractivity contribution in [2.45, 2.75) is 20.4 Å². The number of hydrogen-bond donors (Lipinski definition) is 1. The third kappa shape index (κ3) is 1.48. The van der Waals surface area contributed by atoms with Gasteiger partial charge in [-0.2, -0.15) is 0 Å². The zero-order valence-corrected chi connectivity index (χ0v) is 9.88. The Labute approximate surface area is 98.3 Å². The van der Waals surface area contributed by atoms with Crippen LogP contribution in [0.15, 0.2) is 18.3 Å². The standard InChI is InChI=1S/C12H12ClNO2/c1-3-14-6-9(12(15)16)8-4-5-10(13)7(2)11(8)14/h4-6H,3H2,1-2H3,(H,15,16). The molecular formula is C12H12ClNO2. The predicted molar refractivity (Wildman–Crippen MR) is 64.3 cm³/mol. The van der Waals surface area contributed by atoms with Crippen molar-refractivity contribution >= 4 is 28.5 Å². The minimum atomic E-state index is -0.904. The van der Waals surface area contributed by atoms with E-state index in [0.717, 1.165) is 23.0 Å². The molecule has 2 aromatic rings. The van der Waals surface area contributed by atoms with E-state index in [2.05, 4.69) is 0 Å². The predicted octanol–water partition coefficient (Wildman–Crippen LogP) is 3.32. The fourth-order valence-electron chi connectivity index (χ4n) is 1.97. The fraction of sp³-hybridized carbons (Fsp3) is 0.250. The van der Waals surface area contributed by atoms with Gasteiger partial charge >= 0.3 is 5.97 Å². The minimum absolute atomic E-state index is 0.330. The molecule has 0 amide bonds. The highest BCUT2D eigenvalue weighted by atomic mass is 35.5. The number of aromatic carboxylic acids is 1. The highest BCUT2D eigenvalue weighted by Crippen LogP contribution is 2.29. The molecule has 0 aliphatic rings. The minimum Gasteiger partial charge on any atom is -0.478 e. The van der Waals surface area contributed by atoms with Gasteiger partial charge in [-0.05, 0) is 25.5 Å². The van der Waals surface area contributed by atoms with E-state index in [-0.39, 0.29) is 0 Å². The molecule has 1 N–H and O–H groups in total. The highest BCUT2D eigenvalue weighted by molar-refractivity contribution is 6.32. The van der Waals surface area contributed by atoms with Crippen LogP contribution in [0.3, 0.4) is 0 Å². The first-order valence-corrected chi connectivity index (χ1v) is 5.45. The number of halogens is 1. The number of carbonyl (C=O) groups is 1. The number of nitrogens with zero attached hydrogens (tertiary/aromatic N) is 1. The van der Waals surface area contributed by atoms with Crippen LogP contribution in [0.1, 0.15) is 22.8 Å². The molecule has 16 heavy (non-hydrogen) atoms. The van der Waals surface area contributed by atoms with Crippen LogP contribution in [-0.4, -0.2) is 15.6 Å². The van der Waals surface area contributed by atoms with E-state index >= 15 is 0 Å². The summed E-state index contributed by atoms with van der Waals surface area (Å²) in [5, 5.41) is 10.5. The molecule has 0 bridgehead atoms. The second kappa shape index (κ2) is 3.83. The van der Waals surface area contributed by atoms with Gasteiger partial charge in [-0.1, -0.05) is 17.7 Å². The van der Waals surface area contributed by atoms with Crippen molar-refractivity contribution in [2.75, 3.05) is 0 Å². The molecule has 2 rings (SSSR count). The molecule has 0 atom stereocenters. The molecule has 1 aromatic heterocycles. The Balaban J connectivity index is 2.90. The van der Waals surface area contributed by atoms with Crippen LogP contribution >= 0.6 is 11.6 Å². The van der Waals surface area contributed by atoms with Gasteiger partial charge in [0.2, 0.25) is 0 Å². The van der Waals surface area contributed by atoms with E-state index in [1.807, 2.05) is 18.4 Å². The molecule has 0 aliphatic heterocycles. The maximum Gasteiger partial charge on any atom is 0.337 e. The lowest BCUT2D eigenvalue weighted by Gasteiger charge is -2.05. The summed E-state index contributed by atoms with van der Waals surface area (Å²) >= 11 is 6.04. The van der Waals surface area contributed by atoms with Crippen molar-refractivity contribution in [2.24, 2.45) is 0 Å². The third-order valence-corrected chi connectivity index (χ3v) is 3.21. The zero-order chi connectivity index (χ0) is 11.9. The second-order valence-electron chi connectivity index (χ2n) is 3.70.